The molecule has 2 aromatic heterocycles. The van der Waals surface area contributed by atoms with Crippen LogP contribution in [-0.2, 0) is 0 Å². The number of nitrogens with zero attached hydrogens (tertiary/aromatic N) is 6. The van der Waals surface area contributed by atoms with Crippen molar-refractivity contribution < 1.29 is 4.74 Å². The lowest BCUT2D eigenvalue weighted by atomic mass is 10.2. The van der Waals surface area contributed by atoms with E-state index in [-0.39, 0.29) is 6.04 Å². The fourth-order valence-electron chi connectivity index (χ4n) is 2.95. The van der Waals surface area contributed by atoms with Gasteiger partial charge in [-0.2, -0.15) is 4.98 Å². The van der Waals surface area contributed by atoms with E-state index < -0.39 is 0 Å². The lowest BCUT2D eigenvalue weighted by Crippen LogP contribution is -2.33. The molecule has 1 aliphatic heterocycles. The highest BCUT2D eigenvalue weighted by atomic mass is 16.5. The summed E-state index contributed by atoms with van der Waals surface area (Å²) >= 11 is 0. The maximum atomic E-state index is 5.48. The number of anilines is 1. The van der Waals surface area contributed by atoms with Gasteiger partial charge in [-0.25, -0.2) is 4.98 Å². The average molecular weight is 328 g/mol. The normalized spacial score (nSPS) is 17.3. The Morgan fingerprint density at radius 2 is 2.04 bits per heavy atom. The molecule has 0 aromatic carbocycles. The molecule has 3 heterocycles. The highest BCUT2D eigenvalue weighted by Gasteiger charge is 2.22. The van der Waals surface area contributed by atoms with Gasteiger partial charge in [-0.1, -0.05) is 0 Å². The van der Waals surface area contributed by atoms with Gasteiger partial charge in [0.2, 0.25) is 11.8 Å². The Bertz CT molecular complexity index is 638. The van der Waals surface area contributed by atoms with Crippen molar-refractivity contribution in [2.75, 3.05) is 37.7 Å². The van der Waals surface area contributed by atoms with E-state index in [0.717, 1.165) is 44.2 Å². The molecule has 24 heavy (non-hydrogen) atoms. The summed E-state index contributed by atoms with van der Waals surface area (Å²) in [6.45, 7) is 8.56. The summed E-state index contributed by atoms with van der Waals surface area (Å²) in [6, 6.07) is 2.06. The van der Waals surface area contributed by atoms with Crippen LogP contribution in [0.15, 0.2) is 30.9 Å². The van der Waals surface area contributed by atoms with Crippen molar-refractivity contribution in [3.05, 3.63) is 36.5 Å². The Hall–Kier alpha value is -2.28. The number of hydrogen-bond acceptors (Lipinski definition) is 7. The second kappa shape index (κ2) is 8.01. The number of ether oxygens (including phenoxy) is 1. The van der Waals surface area contributed by atoms with E-state index >= 15 is 0 Å². The van der Waals surface area contributed by atoms with E-state index in [1.165, 1.54) is 0 Å². The molecule has 7 nitrogen and oxygen atoms in total. The van der Waals surface area contributed by atoms with E-state index in [9.17, 15) is 0 Å². The minimum Gasteiger partial charge on any atom is -0.478 e. The zero-order chi connectivity index (χ0) is 16.8. The first-order chi connectivity index (χ1) is 11.8. The van der Waals surface area contributed by atoms with Crippen molar-refractivity contribution in [2.45, 2.75) is 26.3 Å². The van der Waals surface area contributed by atoms with Gasteiger partial charge in [0.15, 0.2) is 0 Å². The molecule has 1 saturated heterocycles. The third-order valence-corrected chi connectivity index (χ3v) is 4.28. The summed E-state index contributed by atoms with van der Waals surface area (Å²) in [6.07, 6.45) is 8.14. The van der Waals surface area contributed by atoms with E-state index in [4.69, 9.17) is 4.74 Å². The summed E-state index contributed by atoms with van der Waals surface area (Å²) in [5, 5.41) is 0. The molecule has 0 unspecified atom stereocenters. The lowest BCUT2D eigenvalue weighted by molar-refractivity contribution is 0.222. The van der Waals surface area contributed by atoms with Crippen LogP contribution in [0.5, 0.6) is 5.88 Å². The predicted molar refractivity (Wildman–Crippen MR) is 92.1 cm³/mol. The van der Waals surface area contributed by atoms with Crippen molar-refractivity contribution in [3.63, 3.8) is 0 Å². The summed E-state index contributed by atoms with van der Waals surface area (Å²) in [7, 11) is 0. The third-order valence-electron chi connectivity index (χ3n) is 4.28. The van der Waals surface area contributed by atoms with Gasteiger partial charge >= 0.3 is 0 Å². The van der Waals surface area contributed by atoms with Gasteiger partial charge in [-0.05, 0) is 20.3 Å². The molecular formula is C17H24N6O. The minimum atomic E-state index is 0.259. The molecule has 128 valence electrons. The molecule has 3 rings (SSSR count). The summed E-state index contributed by atoms with van der Waals surface area (Å²) in [5.74, 6) is 1.38. The molecule has 1 aliphatic rings. The van der Waals surface area contributed by atoms with Gasteiger partial charge in [-0.3, -0.25) is 14.9 Å². The van der Waals surface area contributed by atoms with Gasteiger partial charge in [0, 0.05) is 57.0 Å². The highest BCUT2D eigenvalue weighted by Crippen LogP contribution is 2.21. The third kappa shape index (κ3) is 3.97. The van der Waals surface area contributed by atoms with Crippen LogP contribution in [-0.4, -0.2) is 57.6 Å². The molecule has 0 N–H and O–H groups in total. The molecular weight excluding hydrogens is 304 g/mol. The summed E-state index contributed by atoms with van der Waals surface area (Å²) < 4.78 is 5.48. The molecule has 0 spiro atoms. The van der Waals surface area contributed by atoms with Gasteiger partial charge in [-0.15, -0.1) is 0 Å². The standard InChI is InChI=1S/C17H24N6O/c1-3-24-16-5-6-20-17(21-16)23-10-4-9-22(11-12-23)14(2)15-13-18-7-8-19-15/h5-8,13-14H,3-4,9-12H2,1-2H3/t14-/m0/s1. The molecule has 2 aromatic rings. The van der Waals surface area contributed by atoms with Gasteiger partial charge in [0.25, 0.3) is 0 Å². The van der Waals surface area contributed by atoms with Crippen LogP contribution in [0.25, 0.3) is 0 Å². The monoisotopic (exact) mass is 328 g/mol. The van der Waals surface area contributed by atoms with E-state index in [1.54, 1.807) is 24.7 Å². The van der Waals surface area contributed by atoms with Crippen LogP contribution < -0.4 is 9.64 Å². The van der Waals surface area contributed by atoms with Crippen LogP contribution >= 0.6 is 0 Å². The summed E-state index contributed by atoms with van der Waals surface area (Å²) in [5.41, 5.74) is 1.01. The van der Waals surface area contributed by atoms with E-state index in [0.29, 0.717) is 12.5 Å². The fourth-order valence-corrected chi connectivity index (χ4v) is 2.95. The topological polar surface area (TPSA) is 67.3 Å². The van der Waals surface area contributed by atoms with Crippen LogP contribution in [0.3, 0.4) is 0 Å². The first-order valence-electron chi connectivity index (χ1n) is 8.48. The van der Waals surface area contributed by atoms with Crippen molar-refractivity contribution in [3.8, 4) is 5.88 Å². The molecule has 0 aliphatic carbocycles. The molecule has 0 saturated carbocycles. The van der Waals surface area contributed by atoms with Gasteiger partial charge < -0.3 is 9.64 Å². The zero-order valence-electron chi connectivity index (χ0n) is 14.3. The minimum absolute atomic E-state index is 0.259. The van der Waals surface area contributed by atoms with Crippen LogP contribution in [0, 0.1) is 0 Å². The lowest BCUT2D eigenvalue weighted by Gasteiger charge is -2.27. The Labute approximate surface area is 142 Å². The number of rotatable bonds is 5. The SMILES string of the molecule is CCOc1ccnc(N2CCCN([C@@H](C)c3cnccn3)CC2)n1. The van der Waals surface area contributed by atoms with Crippen LogP contribution in [0.4, 0.5) is 5.95 Å². The highest BCUT2D eigenvalue weighted by molar-refractivity contribution is 5.32. The van der Waals surface area contributed by atoms with Gasteiger partial charge in [0.1, 0.15) is 0 Å². The number of hydrogen-bond donors (Lipinski definition) is 0. The number of aromatic nitrogens is 4. The Morgan fingerprint density at radius 3 is 2.83 bits per heavy atom. The van der Waals surface area contributed by atoms with Crippen LogP contribution in [0.2, 0.25) is 0 Å². The fraction of sp³-hybridized carbons (Fsp3) is 0.529. The van der Waals surface area contributed by atoms with E-state index in [2.05, 4.69) is 36.7 Å². The molecule has 0 bridgehead atoms. The smallest absolute Gasteiger partial charge is 0.228 e. The molecule has 7 heteroatoms. The first-order valence-corrected chi connectivity index (χ1v) is 8.48. The maximum absolute atomic E-state index is 5.48. The Morgan fingerprint density at radius 1 is 1.12 bits per heavy atom. The van der Waals surface area contributed by atoms with Crippen molar-refractivity contribution in [1.29, 1.82) is 0 Å². The van der Waals surface area contributed by atoms with Crippen LogP contribution in [0.1, 0.15) is 32.0 Å². The van der Waals surface area contributed by atoms with Crippen molar-refractivity contribution in [1.82, 2.24) is 24.8 Å². The first kappa shape index (κ1) is 16.6. The summed E-state index contributed by atoms with van der Waals surface area (Å²) in [4.78, 5) is 22.2. The molecule has 0 radical (unpaired) electrons. The van der Waals surface area contributed by atoms with Crippen molar-refractivity contribution in [2.24, 2.45) is 0 Å². The van der Waals surface area contributed by atoms with E-state index in [1.807, 2.05) is 13.1 Å². The molecule has 0 amide bonds. The molecule has 1 fully saturated rings. The second-order valence-electron chi connectivity index (χ2n) is 5.81. The quantitative estimate of drug-likeness (QED) is 0.831. The van der Waals surface area contributed by atoms with Gasteiger partial charge in [0.05, 0.1) is 18.3 Å². The molecule has 1 atom stereocenters. The second-order valence-corrected chi connectivity index (χ2v) is 5.81. The Balaban J connectivity index is 1.66. The largest absolute Gasteiger partial charge is 0.478 e. The maximum Gasteiger partial charge on any atom is 0.228 e. The average Bonchev–Trinajstić information content (AvgIpc) is 2.89. The Kier molecular flexibility index (Phi) is 5.53. The van der Waals surface area contributed by atoms with Crippen molar-refractivity contribution >= 4 is 5.95 Å². The zero-order valence-corrected chi connectivity index (χ0v) is 14.3. The predicted octanol–water partition coefficient (Wildman–Crippen LogP) is 1.94.